The Morgan fingerprint density at radius 1 is 1.00 bits per heavy atom. The average Bonchev–Trinajstić information content (AvgIpc) is 2.44. The minimum atomic E-state index is 0.155. The van der Waals surface area contributed by atoms with Crippen LogP contribution >= 0.6 is 0 Å². The Labute approximate surface area is 120 Å². The molecular formula is C18H21NO. The Bertz CT molecular complexity index is 543. The van der Waals surface area contributed by atoms with Gasteiger partial charge in [-0.05, 0) is 18.1 Å². The van der Waals surface area contributed by atoms with Crippen LogP contribution < -0.4 is 5.32 Å². The van der Waals surface area contributed by atoms with Crippen molar-refractivity contribution >= 4 is 0 Å². The molecule has 20 heavy (non-hydrogen) atoms. The van der Waals surface area contributed by atoms with Gasteiger partial charge in [-0.1, -0.05) is 60.2 Å². The molecule has 0 unspecified atom stereocenters. The zero-order valence-electron chi connectivity index (χ0n) is 11.9. The minimum absolute atomic E-state index is 0.155. The number of hydrogen-bond donors (Lipinski definition) is 1. The highest BCUT2D eigenvalue weighted by atomic mass is 16.5. The minimum Gasteiger partial charge on any atom is -0.376 e. The molecule has 1 aliphatic rings. The van der Waals surface area contributed by atoms with Gasteiger partial charge in [0.25, 0.3) is 0 Å². The second-order valence-electron chi connectivity index (χ2n) is 5.73. The van der Waals surface area contributed by atoms with Crippen molar-refractivity contribution in [1.29, 1.82) is 0 Å². The van der Waals surface area contributed by atoms with Crippen molar-refractivity contribution in [2.75, 3.05) is 19.7 Å². The number of nitrogens with one attached hydrogen (secondary N) is 1. The highest BCUT2D eigenvalue weighted by Gasteiger charge is 2.38. The third-order valence-corrected chi connectivity index (χ3v) is 4.08. The summed E-state index contributed by atoms with van der Waals surface area (Å²) in [6, 6.07) is 19.2. The van der Waals surface area contributed by atoms with Gasteiger partial charge < -0.3 is 10.1 Å². The van der Waals surface area contributed by atoms with Gasteiger partial charge in [0.05, 0.1) is 13.2 Å². The lowest BCUT2D eigenvalue weighted by atomic mass is 9.76. The Morgan fingerprint density at radius 3 is 2.30 bits per heavy atom. The van der Waals surface area contributed by atoms with Crippen LogP contribution in [0.3, 0.4) is 0 Å². The van der Waals surface area contributed by atoms with E-state index in [-0.39, 0.29) is 5.41 Å². The Morgan fingerprint density at radius 2 is 1.70 bits per heavy atom. The van der Waals surface area contributed by atoms with Gasteiger partial charge in [0.2, 0.25) is 0 Å². The van der Waals surface area contributed by atoms with E-state index in [1.807, 2.05) is 6.07 Å². The molecule has 0 amide bonds. The highest BCUT2D eigenvalue weighted by molar-refractivity contribution is 5.32. The lowest BCUT2D eigenvalue weighted by Gasteiger charge is -2.43. The van der Waals surface area contributed by atoms with Crippen LogP contribution in [0.2, 0.25) is 0 Å². The van der Waals surface area contributed by atoms with Crippen LogP contribution in [0.5, 0.6) is 0 Å². The summed E-state index contributed by atoms with van der Waals surface area (Å²) in [7, 11) is 0. The van der Waals surface area contributed by atoms with Crippen LogP contribution in [0.15, 0.2) is 54.6 Å². The number of aryl methyl sites for hydroxylation is 1. The molecule has 0 atom stereocenters. The van der Waals surface area contributed by atoms with Crippen molar-refractivity contribution < 1.29 is 4.74 Å². The molecule has 2 aromatic rings. The first kappa shape index (κ1) is 13.3. The zero-order chi connectivity index (χ0) is 13.8. The first-order valence-corrected chi connectivity index (χ1v) is 7.18. The molecule has 0 spiro atoms. The summed E-state index contributed by atoms with van der Waals surface area (Å²) in [6.07, 6.45) is 0. The van der Waals surface area contributed by atoms with Crippen LogP contribution in [-0.4, -0.2) is 19.7 Å². The van der Waals surface area contributed by atoms with E-state index < -0.39 is 0 Å². The van der Waals surface area contributed by atoms with Gasteiger partial charge in [-0.25, -0.2) is 0 Å². The number of benzene rings is 2. The summed E-state index contributed by atoms with van der Waals surface area (Å²) in [5.74, 6) is 0. The Kier molecular flexibility index (Phi) is 3.86. The largest absolute Gasteiger partial charge is 0.376 e. The third kappa shape index (κ3) is 2.77. The Balaban J connectivity index is 1.63. The molecular weight excluding hydrogens is 246 g/mol. The maximum absolute atomic E-state index is 5.97. The molecule has 1 heterocycles. The van der Waals surface area contributed by atoms with Gasteiger partial charge >= 0.3 is 0 Å². The molecule has 104 valence electrons. The summed E-state index contributed by atoms with van der Waals surface area (Å²) in [4.78, 5) is 0. The molecule has 3 rings (SSSR count). The van der Waals surface area contributed by atoms with Gasteiger partial charge in [0, 0.05) is 18.5 Å². The van der Waals surface area contributed by atoms with Gasteiger partial charge in [0.1, 0.15) is 0 Å². The lowest BCUT2D eigenvalue weighted by molar-refractivity contribution is 0.0472. The predicted molar refractivity (Wildman–Crippen MR) is 81.8 cm³/mol. The van der Waals surface area contributed by atoms with E-state index in [0.29, 0.717) is 6.61 Å². The van der Waals surface area contributed by atoms with Crippen LogP contribution in [0.4, 0.5) is 0 Å². The van der Waals surface area contributed by atoms with Gasteiger partial charge in [-0.2, -0.15) is 0 Å². The van der Waals surface area contributed by atoms with Crippen LogP contribution in [0.25, 0.3) is 0 Å². The predicted octanol–water partition coefficient (Wildman–Crippen LogP) is 3.05. The maximum Gasteiger partial charge on any atom is 0.0717 e. The second kappa shape index (κ2) is 5.78. The average molecular weight is 267 g/mol. The van der Waals surface area contributed by atoms with E-state index >= 15 is 0 Å². The summed E-state index contributed by atoms with van der Waals surface area (Å²) in [5.41, 5.74) is 4.08. The summed E-state index contributed by atoms with van der Waals surface area (Å²) < 4.78 is 5.97. The molecule has 1 fully saturated rings. The van der Waals surface area contributed by atoms with Gasteiger partial charge in [-0.3, -0.25) is 0 Å². The Hall–Kier alpha value is -1.64. The first-order chi connectivity index (χ1) is 9.78. The smallest absolute Gasteiger partial charge is 0.0717 e. The number of rotatable bonds is 5. The zero-order valence-corrected chi connectivity index (χ0v) is 11.9. The number of ether oxygens (including phenoxy) is 1. The summed E-state index contributed by atoms with van der Waals surface area (Å²) in [5, 5.41) is 3.38. The normalized spacial score (nSPS) is 16.6. The lowest BCUT2D eigenvalue weighted by Crippen LogP contribution is -2.59. The van der Waals surface area contributed by atoms with E-state index in [0.717, 1.165) is 19.7 Å². The van der Waals surface area contributed by atoms with Crippen molar-refractivity contribution in [3.05, 3.63) is 71.3 Å². The maximum atomic E-state index is 5.97. The van der Waals surface area contributed by atoms with Crippen LogP contribution in [-0.2, 0) is 16.8 Å². The molecule has 1 aliphatic heterocycles. The topological polar surface area (TPSA) is 21.3 Å². The molecule has 2 heteroatoms. The standard InChI is InChI=1S/C18H21NO/c1-15-7-9-17(10-8-15)18(12-19-13-18)14-20-11-16-5-3-2-4-6-16/h2-10,19H,11-14H2,1H3. The molecule has 1 N–H and O–H groups in total. The van der Waals surface area contributed by atoms with Crippen molar-refractivity contribution in [1.82, 2.24) is 5.32 Å². The number of hydrogen-bond acceptors (Lipinski definition) is 2. The van der Waals surface area contributed by atoms with Crippen molar-refractivity contribution in [3.63, 3.8) is 0 Å². The van der Waals surface area contributed by atoms with Crippen LogP contribution in [0, 0.1) is 6.92 Å². The van der Waals surface area contributed by atoms with E-state index in [1.54, 1.807) is 0 Å². The van der Waals surface area contributed by atoms with Crippen molar-refractivity contribution in [3.8, 4) is 0 Å². The molecule has 1 saturated heterocycles. The second-order valence-corrected chi connectivity index (χ2v) is 5.73. The fraction of sp³-hybridized carbons (Fsp3) is 0.333. The molecule has 0 saturated carbocycles. The molecule has 2 nitrogen and oxygen atoms in total. The van der Waals surface area contributed by atoms with Crippen LogP contribution in [0.1, 0.15) is 16.7 Å². The quantitative estimate of drug-likeness (QED) is 0.899. The van der Waals surface area contributed by atoms with E-state index in [1.165, 1.54) is 16.7 Å². The molecule has 0 aliphatic carbocycles. The summed E-state index contributed by atoms with van der Waals surface area (Å²) in [6.45, 7) is 5.60. The molecule has 0 aromatic heterocycles. The van der Waals surface area contributed by atoms with Gasteiger partial charge in [0.15, 0.2) is 0 Å². The van der Waals surface area contributed by atoms with Crippen molar-refractivity contribution in [2.45, 2.75) is 18.9 Å². The molecule has 0 radical (unpaired) electrons. The van der Waals surface area contributed by atoms with Gasteiger partial charge in [-0.15, -0.1) is 0 Å². The third-order valence-electron chi connectivity index (χ3n) is 4.08. The fourth-order valence-corrected chi connectivity index (χ4v) is 2.66. The monoisotopic (exact) mass is 267 g/mol. The van der Waals surface area contributed by atoms with Crippen molar-refractivity contribution in [2.24, 2.45) is 0 Å². The highest BCUT2D eigenvalue weighted by Crippen LogP contribution is 2.29. The fourth-order valence-electron chi connectivity index (χ4n) is 2.66. The van der Waals surface area contributed by atoms with E-state index in [4.69, 9.17) is 4.74 Å². The SMILES string of the molecule is Cc1ccc(C2(COCc3ccccc3)CNC2)cc1. The van der Waals surface area contributed by atoms with E-state index in [9.17, 15) is 0 Å². The van der Waals surface area contributed by atoms with E-state index in [2.05, 4.69) is 60.8 Å². The summed E-state index contributed by atoms with van der Waals surface area (Å²) >= 11 is 0. The molecule has 0 bridgehead atoms. The molecule has 2 aromatic carbocycles. The first-order valence-electron chi connectivity index (χ1n) is 7.18.